The molecular formula is C105H130N12O6. The standard InChI is InChI=1S/C38H48N4O2.C34H42N4O2.C33H40N4O2/c1-29-16-17-31(30(2)26-29)18-19-37(43)39-27-34-20-25-42(38(44)36(40-34)21-24-41-22-10-5-11-23-41)28-35(32-12-6-3-7-13-32)33-14-8-4-9-15-33;1-25(2)27-16-13-26(14-17-27)15-18-33(39)36-23-30-20-22-38(34(40)32(37-30)19-21-35)24-31(28-9-5-3-6-10-28)29-11-7-4-8-12-29;1-24-13-14-26(25(2)21-24)15-16-32(38)35-22-29-18-20-37(33(39)31(36-29)17-19-34)23-30(27-9-5-3-6-10-27)28-11-7-4-8-12-28/h3-4,6-9,12-19,26,34-36,40H,5,10-11,20-25,27-28H2,1-2H3,(H,39,43);3-18,25,30-32,37H,19-24,35H2,1-2H3,(H,36,39);3-16,21,29-31,36H,17-20,22-23,34H2,1-2H3,(H,35,38)/b19-18+;18-15+;16-15+/t34-,36-;30-,32-;29-,31-/m000/s1. The minimum atomic E-state index is -0.378. The summed E-state index contributed by atoms with van der Waals surface area (Å²) in [5.74, 6) is 0.611. The number of nitrogens with one attached hydrogen (secondary N) is 6. The predicted octanol–water partition coefficient (Wildman–Crippen LogP) is 14.6. The monoisotopic (exact) mass is 1660 g/mol. The highest BCUT2D eigenvalue weighted by molar-refractivity contribution is 5.93. The lowest BCUT2D eigenvalue weighted by Gasteiger charge is -2.31. The molecule has 4 aliphatic rings. The van der Waals surface area contributed by atoms with Crippen LogP contribution >= 0.6 is 0 Å². The van der Waals surface area contributed by atoms with Gasteiger partial charge in [0.25, 0.3) is 0 Å². The average Bonchev–Trinajstić information content (AvgIpc) is 1.82. The summed E-state index contributed by atoms with van der Waals surface area (Å²) in [7, 11) is 0. The number of aryl methyl sites for hydroxylation is 4. The van der Waals surface area contributed by atoms with Crippen LogP contribution < -0.4 is 43.4 Å². The molecule has 18 heteroatoms. The van der Waals surface area contributed by atoms with E-state index in [9.17, 15) is 28.8 Å². The number of carbonyl (C=O) groups excluding carboxylic acids is 6. The Morgan fingerprint density at radius 2 is 0.691 bits per heavy atom. The summed E-state index contributed by atoms with van der Waals surface area (Å²) in [6.07, 6.45) is 18.2. The number of amides is 6. The van der Waals surface area contributed by atoms with Crippen molar-refractivity contribution < 1.29 is 28.8 Å². The molecule has 0 bridgehead atoms. The van der Waals surface area contributed by atoms with Gasteiger partial charge in [-0.05, 0) is 196 Å². The highest BCUT2D eigenvalue weighted by Gasteiger charge is 2.37. The molecule has 0 spiro atoms. The molecule has 10 N–H and O–H groups in total. The number of carbonyl (C=O) groups is 6. The molecule has 4 fully saturated rings. The van der Waals surface area contributed by atoms with Gasteiger partial charge in [-0.2, -0.15) is 0 Å². The van der Waals surface area contributed by atoms with Gasteiger partial charge in [-0.25, -0.2) is 0 Å². The van der Waals surface area contributed by atoms with Gasteiger partial charge in [0.2, 0.25) is 35.4 Å². The first-order chi connectivity index (χ1) is 59.8. The molecule has 0 aromatic heterocycles. The van der Waals surface area contributed by atoms with Gasteiger partial charge in [0.15, 0.2) is 0 Å². The summed E-state index contributed by atoms with van der Waals surface area (Å²) < 4.78 is 0. The molecule has 4 heterocycles. The van der Waals surface area contributed by atoms with E-state index in [0.717, 1.165) is 73.1 Å². The van der Waals surface area contributed by atoms with Crippen LogP contribution in [0.25, 0.3) is 18.2 Å². The molecule has 18 nitrogen and oxygen atoms in total. The fourth-order valence-corrected chi connectivity index (χ4v) is 17.1. The largest absolute Gasteiger partial charge is 0.351 e. The van der Waals surface area contributed by atoms with E-state index in [2.05, 4.69) is 204 Å². The zero-order chi connectivity index (χ0) is 86.7. The molecule has 0 aliphatic carbocycles. The van der Waals surface area contributed by atoms with E-state index in [-0.39, 0.29) is 89.4 Å². The number of nitrogens with two attached hydrogens (primary N) is 2. The van der Waals surface area contributed by atoms with Gasteiger partial charge in [0, 0.05) is 120 Å². The number of rotatable bonds is 32. The first-order valence-corrected chi connectivity index (χ1v) is 44.5. The summed E-state index contributed by atoms with van der Waals surface area (Å²) in [5.41, 5.74) is 28.0. The lowest BCUT2D eigenvalue weighted by Crippen LogP contribution is -2.50. The van der Waals surface area contributed by atoms with Gasteiger partial charge in [0.1, 0.15) is 0 Å². The number of benzene rings is 9. The Morgan fingerprint density at radius 1 is 0.382 bits per heavy atom. The molecule has 9 aromatic carbocycles. The van der Waals surface area contributed by atoms with Gasteiger partial charge >= 0.3 is 0 Å². The van der Waals surface area contributed by atoms with Crippen LogP contribution in [0, 0.1) is 27.7 Å². The molecule has 9 aromatic rings. The SMILES string of the molecule is CC(C)c1ccc(/C=C/C(=O)NC[C@@H]2CCN(CC(c3ccccc3)c3ccccc3)C(=O)[C@H](CCN)N2)cc1.Cc1ccc(/C=C/C(=O)NC[C@@H]2CCN(CC(c3ccccc3)c3ccccc3)C(=O)[C@H](CCN)N2)c(C)c1.Cc1ccc(/C=C/C(=O)NC[C@@H]2CCN(CC(c3ccccc3)c3ccccc3)C(=O)[C@H](CCN3CCCCC3)N2)c(C)c1. The van der Waals surface area contributed by atoms with Gasteiger partial charge in [-0.1, -0.05) is 274 Å². The van der Waals surface area contributed by atoms with E-state index in [0.29, 0.717) is 90.8 Å². The van der Waals surface area contributed by atoms with Gasteiger partial charge in [-0.15, -0.1) is 0 Å². The van der Waals surface area contributed by atoms with Crippen molar-refractivity contribution in [3.63, 3.8) is 0 Å². The predicted molar refractivity (Wildman–Crippen MR) is 501 cm³/mol. The van der Waals surface area contributed by atoms with Gasteiger partial charge < -0.3 is 63.0 Å². The van der Waals surface area contributed by atoms with Crippen molar-refractivity contribution in [3.05, 3.63) is 339 Å². The third-order valence-corrected chi connectivity index (χ3v) is 24.2. The zero-order valence-corrected chi connectivity index (χ0v) is 73.0. The van der Waals surface area contributed by atoms with Crippen LogP contribution in [-0.4, -0.2) is 183 Å². The van der Waals surface area contributed by atoms with Crippen molar-refractivity contribution in [1.82, 2.24) is 51.5 Å². The topological polar surface area (TPSA) is 240 Å². The summed E-state index contributed by atoms with van der Waals surface area (Å²) in [6, 6.07) is 82.0. The molecule has 0 saturated carbocycles. The first kappa shape index (κ1) is 92.5. The second-order valence-corrected chi connectivity index (χ2v) is 33.7. The molecule has 0 radical (unpaired) electrons. The maximum Gasteiger partial charge on any atom is 0.244 e. The maximum absolute atomic E-state index is 14.2. The van der Waals surface area contributed by atoms with Gasteiger partial charge in [-0.3, -0.25) is 28.8 Å². The molecule has 13 rings (SSSR count). The number of piperidine rings is 1. The van der Waals surface area contributed by atoms with Gasteiger partial charge in [0.05, 0.1) is 18.1 Å². The molecule has 6 atom stereocenters. The van der Waals surface area contributed by atoms with E-state index in [1.807, 2.05) is 150 Å². The van der Waals surface area contributed by atoms with Crippen molar-refractivity contribution in [2.75, 3.05) is 91.6 Å². The number of nitrogens with zero attached hydrogens (tertiary/aromatic N) is 4. The van der Waals surface area contributed by atoms with Crippen LogP contribution in [0.4, 0.5) is 0 Å². The smallest absolute Gasteiger partial charge is 0.244 e. The highest BCUT2D eigenvalue weighted by atomic mass is 16.2. The van der Waals surface area contributed by atoms with E-state index in [4.69, 9.17) is 11.5 Å². The summed E-state index contributed by atoms with van der Waals surface area (Å²) >= 11 is 0. The number of hydrogen-bond acceptors (Lipinski definition) is 12. The van der Waals surface area contributed by atoms with E-state index in [1.54, 1.807) is 18.2 Å². The molecule has 0 unspecified atom stereocenters. The Balaban J connectivity index is 0.000000180. The molecule has 4 saturated heterocycles. The number of hydrogen-bond donors (Lipinski definition) is 8. The van der Waals surface area contributed by atoms with Crippen LogP contribution in [0.5, 0.6) is 0 Å². The van der Waals surface area contributed by atoms with Crippen molar-refractivity contribution in [1.29, 1.82) is 0 Å². The third kappa shape index (κ3) is 29.0. The summed E-state index contributed by atoms with van der Waals surface area (Å²) in [4.78, 5) is 88.0. The fourth-order valence-electron chi connectivity index (χ4n) is 17.1. The minimum Gasteiger partial charge on any atom is -0.351 e. The minimum absolute atomic E-state index is 0.0145. The number of likely N-dealkylation sites (tertiary alicyclic amines) is 1. The van der Waals surface area contributed by atoms with Crippen LogP contribution in [0.1, 0.15) is 173 Å². The average molecular weight is 1660 g/mol. The quantitative estimate of drug-likeness (QED) is 0.0184. The normalized spacial score (nSPS) is 18.6. The first-order valence-electron chi connectivity index (χ1n) is 44.5. The maximum atomic E-state index is 14.2. The van der Waals surface area contributed by atoms with E-state index < -0.39 is 0 Å². The Bertz CT molecular complexity index is 4740. The second kappa shape index (κ2) is 48.6. The third-order valence-electron chi connectivity index (χ3n) is 24.2. The van der Waals surface area contributed by atoms with Crippen LogP contribution in [0.2, 0.25) is 0 Å². The molecule has 4 aliphatic heterocycles. The van der Waals surface area contributed by atoms with Crippen LogP contribution in [0.3, 0.4) is 0 Å². The van der Waals surface area contributed by atoms with Crippen molar-refractivity contribution in [2.45, 2.75) is 159 Å². The molecule has 646 valence electrons. The highest BCUT2D eigenvalue weighted by Crippen LogP contribution is 2.32. The molecular weight excluding hydrogens is 1530 g/mol. The summed E-state index contributed by atoms with van der Waals surface area (Å²) in [5, 5.41) is 19.8. The second-order valence-electron chi connectivity index (χ2n) is 33.7. The lowest BCUT2D eigenvalue weighted by molar-refractivity contribution is -0.133. The van der Waals surface area contributed by atoms with Crippen molar-refractivity contribution in [3.8, 4) is 0 Å². The van der Waals surface area contributed by atoms with E-state index >= 15 is 0 Å². The van der Waals surface area contributed by atoms with Crippen molar-refractivity contribution in [2.24, 2.45) is 11.5 Å². The van der Waals surface area contributed by atoms with Crippen LogP contribution in [-0.2, 0) is 28.8 Å². The lowest BCUT2D eigenvalue weighted by atomic mass is 9.90. The summed E-state index contributed by atoms with van der Waals surface area (Å²) in [6.45, 7) is 21.6. The molecule has 6 amide bonds. The Kier molecular flexibility index (Phi) is 36.5. The Hall–Kier alpha value is -11.2. The zero-order valence-electron chi connectivity index (χ0n) is 73.0. The fraction of sp³-hybridized carbons (Fsp3) is 0.371. The van der Waals surface area contributed by atoms with Crippen LogP contribution in [0.15, 0.2) is 261 Å². The Morgan fingerprint density at radius 3 is 0.992 bits per heavy atom. The van der Waals surface area contributed by atoms with E-state index in [1.165, 1.54) is 69.3 Å². The van der Waals surface area contributed by atoms with Crippen molar-refractivity contribution >= 4 is 53.7 Å². The molecule has 123 heavy (non-hydrogen) atoms. The Labute approximate surface area is 730 Å².